The Labute approximate surface area is 175 Å². The molecule has 0 unspecified atom stereocenters. The molecule has 0 saturated heterocycles. The fourth-order valence-electron chi connectivity index (χ4n) is 3.31. The molecular formula is C25H34N2O2. The number of carbonyl (C=O) groups is 2. The first-order valence-electron chi connectivity index (χ1n) is 10.5. The Morgan fingerprint density at radius 2 is 1.66 bits per heavy atom. The maximum Gasteiger partial charge on any atom is 0.242 e. The molecule has 2 aromatic carbocycles. The first-order chi connectivity index (χ1) is 13.8. The molecule has 0 heterocycles. The van der Waals surface area contributed by atoms with E-state index < -0.39 is 6.04 Å². The molecule has 4 heteroatoms. The SMILES string of the molecule is CC[C@H](C(=O)NCC(C)C)N(Cc1ccccc1)C(=O)Cc1ccc(C)c(C)c1. The summed E-state index contributed by atoms with van der Waals surface area (Å²) in [6.07, 6.45) is 0.872. The number of aryl methyl sites for hydroxylation is 2. The predicted molar refractivity (Wildman–Crippen MR) is 119 cm³/mol. The molecule has 0 aromatic heterocycles. The van der Waals surface area contributed by atoms with E-state index in [0.29, 0.717) is 31.8 Å². The molecule has 1 N–H and O–H groups in total. The minimum absolute atomic E-state index is 0.0244. The Balaban J connectivity index is 2.25. The molecule has 0 aliphatic heterocycles. The third-order valence-corrected chi connectivity index (χ3v) is 5.19. The molecule has 2 aromatic rings. The summed E-state index contributed by atoms with van der Waals surface area (Å²) in [5, 5.41) is 3.00. The van der Waals surface area contributed by atoms with E-state index in [1.54, 1.807) is 4.90 Å². The summed E-state index contributed by atoms with van der Waals surface area (Å²) < 4.78 is 0. The van der Waals surface area contributed by atoms with E-state index in [9.17, 15) is 9.59 Å². The highest BCUT2D eigenvalue weighted by Crippen LogP contribution is 2.16. The van der Waals surface area contributed by atoms with Gasteiger partial charge in [-0.25, -0.2) is 0 Å². The zero-order valence-corrected chi connectivity index (χ0v) is 18.4. The van der Waals surface area contributed by atoms with Crippen LogP contribution in [0.25, 0.3) is 0 Å². The fraction of sp³-hybridized carbons (Fsp3) is 0.440. The highest BCUT2D eigenvalue weighted by molar-refractivity contribution is 5.88. The van der Waals surface area contributed by atoms with E-state index in [2.05, 4.69) is 39.1 Å². The topological polar surface area (TPSA) is 49.4 Å². The van der Waals surface area contributed by atoms with Crippen LogP contribution in [-0.4, -0.2) is 29.3 Å². The van der Waals surface area contributed by atoms with Gasteiger partial charge in [0.2, 0.25) is 11.8 Å². The molecule has 0 saturated carbocycles. The van der Waals surface area contributed by atoms with Crippen molar-refractivity contribution < 1.29 is 9.59 Å². The molecule has 156 valence electrons. The molecule has 0 bridgehead atoms. The normalized spacial score (nSPS) is 11.9. The van der Waals surface area contributed by atoms with Crippen LogP contribution in [-0.2, 0) is 22.6 Å². The second-order valence-electron chi connectivity index (χ2n) is 8.17. The van der Waals surface area contributed by atoms with Crippen LogP contribution in [0.5, 0.6) is 0 Å². The van der Waals surface area contributed by atoms with E-state index in [4.69, 9.17) is 0 Å². The van der Waals surface area contributed by atoms with Gasteiger partial charge in [0.25, 0.3) is 0 Å². The fourth-order valence-corrected chi connectivity index (χ4v) is 3.31. The monoisotopic (exact) mass is 394 g/mol. The quantitative estimate of drug-likeness (QED) is 0.684. The Kier molecular flexibility index (Phi) is 8.44. The molecule has 0 fully saturated rings. The van der Waals surface area contributed by atoms with Crippen molar-refractivity contribution >= 4 is 11.8 Å². The third kappa shape index (κ3) is 6.74. The molecule has 0 aliphatic rings. The van der Waals surface area contributed by atoms with Crippen LogP contribution in [0.4, 0.5) is 0 Å². The summed E-state index contributed by atoms with van der Waals surface area (Å²) in [5.74, 6) is 0.263. The number of benzene rings is 2. The molecule has 0 aliphatic carbocycles. The van der Waals surface area contributed by atoms with Crippen molar-refractivity contribution in [3.05, 3.63) is 70.8 Å². The van der Waals surface area contributed by atoms with Crippen molar-refractivity contribution in [2.75, 3.05) is 6.54 Å². The lowest BCUT2D eigenvalue weighted by Crippen LogP contribution is -2.50. The molecular weight excluding hydrogens is 360 g/mol. The number of carbonyl (C=O) groups excluding carboxylic acids is 2. The van der Waals surface area contributed by atoms with Crippen LogP contribution in [0.1, 0.15) is 49.4 Å². The summed E-state index contributed by atoms with van der Waals surface area (Å²) in [7, 11) is 0. The van der Waals surface area contributed by atoms with Crippen molar-refractivity contribution in [2.24, 2.45) is 5.92 Å². The average Bonchev–Trinajstić information content (AvgIpc) is 2.69. The molecule has 29 heavy (non-hydrogen) atoms. The number of rotatable bonds is 9. The third-order valence-electron chi connectivity index (χ3n) is 5.19. The molecule has 4 nitrogen and oxygen atoms in total. The second-order valence-corrected chi connectivity index (χ2v) is 8.17. The van der Waals surface area contributed by atoms with Gasteiger partial charge in [0.1, 0.15) is 6.04 Å². The van der Waals surface area contributed by atoms with Gasteiger partial charge in [-0.05, 0) is 48.4 Å². The van der Waals surface area contributed by atoms with Gasteiger partial charge in [-0.1, -0.05) is 69.3 Å². The zero-order chi connectivity index (χ0) is 21.4. The van der Waals surface area contributed by atoms with E-state index in [0.717, 1.165) is 11.1 Å². The zero-order valence-electron chi connectivity index (χ0n) is 18.4. The first-order valence-corrected chi connectivity index (χ1v) is 10.5. The minimum Gasteiger partial charge on any atom is -0.354 e. The van der Waals surface area contributed by atoms with E-state index in [1.165, 1.54) is 11.1 Å². The number of hydrogen-bond acceptors (Lipinski definition) is 2. The van der Waals surface area contributed by atoms with Crippen LogP contribution in [0.2, 0.25) is 0 Å². The summed E-state index contributed by atoms with van der Waals surface area (Å²) in [4.78, 5) is 27.9. The summed E-state index contributed by atoms with van der Waals surface area (Å²) in [6.45, 7) is 11.2. The van der Waals surface area contributed by atoms with Crippen molar-refractivity contribution in [1.29, 1.82) is 0 Å². The van der Waals surface area contributed by atoms with Gasteiger partial charge in [-0.15, -0.1) is 0 Å². The van der Waals surface area contributed by atoms with Gasteiger partial charge >= 0.3 is 0 Å². The molecule has 1 atom stereocenters. The molecule has 2 rings (SSSR count). The Morgan fingerprint density at radius 3 is 2.24 bits per heavy atom. The summed E-state index contributed by atoms with van der Waals surface area (Å²) in [6, 6.07) is 15.5. The highest BCUT2D eigenvalue weighted by atomic mass is 16.2. The van der Waals surface area contributed by atoms with Gasteiger partial charge in [0.05, 0.1) is 6.42 Å². The standard InChI is InChI=1S/C25H34N2O2/c1-6-23(25(29)26-16-18(2)3)27(17-21-10-8-7-9-11-21)24(28)15-22-13-12-19(4)20(5)14-22/h7-14,18,23H,6,15-17H2,1-5H3,(H,26,29)/t23-/m1/s1. The molecule has 0 radical (unpaired) electrons. The van der Waals surface area contributed by atoms with E-state index in [-0.39, 0.29) is 11.8 Å². The minimum atomic E-state index is -0.479. The van der Waals surface area contributed by atoms with Crippen molar-refractivity contribution in [1.82, 2.24) is 10.2 Å². The maximum atomic E-state index is 13.3. The largest absolute Gasteiger partial charge is 0.354 e. The number of nitrogens with zero attached hydrogens (tertiary/aromatic N) is 1. The van der Waals surface area contributed by atoms with Crippen molar-refractivity contribution in [2.45, 2.75) is 60.0 Å². The second kappa shape index (κ2) is 10.8. The van der Waals surface area contributed by atoms with Crippen LogP contribution < -0.4 is 5.32 Å². The van der Waals surface area contributed by atoms with Gasteiger partial charge in [0, 0.05) is 13.1 Å². The average molecular weight is 395 g/mol. The van der Waals surface area contributed by atoms with Crippen molar-refractivity contribution in [3.8, 4) is 0 Å². The van der Waals surface area contributed by atoms with Gasteiger partial charge in [-0.3, -0.25) is 9.59 Å². The lowest BCUT2D eigenvalue weighted by atomic mass is 10.0. The lowest BCUT2D eigenvalue weighted by Gasteiger charge is -2.31. The summed E-state index contributed by atoms with van der Waals surface area (Å²) >= 11 is 0. The van der Waals surface area contributed by atoms with Crippen LogP contribution in [0.3, 0.4) is 0 Å². The number of hydrogen-bond donors (Lipinski definition) is 1. The van der Waals surface area contributed by atoms with Gasteiger partial charge < -0.3 is 10.2 Å². The summed E-state index contributed by atoms with van der Waals surface area (Å²) in [5.41, 5.74) is 4.39. The van der Waals surface area contributed by atoms with Crippen LogP contribution in [0.15, 0.2) is 48.5 Å². The maximum absolute atomic E-state index is 13.3. The van der Waals surface area contributed by atoms with Gasteiger partial charge in [-0.2, -0.15) is 0 Å². The van der Waals surface area contributed by atoms with Gasteiger partial charge in [0.15, 0.2) is 0 Å². The molecule has 0 spiro atoms. The smallest absolute Gasteiger partial charge is 0.242 e. The molecule has 2 amide bonds. The Morgan fingerprint density at radius 1 is 0.966 bits per heavy atom. The number of nitrogens with one attached hydrogen (secondary N) is 1. The predicted octanol–water partition coefficient (Wildman–Crippen LogP) is 4.43. The van der Waals surface area contributed by atoms with Crippen LogP contribution in [0, 0.1) is 19.8 Å². The number of amides is 2. The lowest BCUT2D eigenvalue weighted by molar-refractivity contribution is -0.141. The van der Waals surface area contributed by atoms with Crippen LogP contribution >= 0.6 is 0 Å². The van der Waals surface area contributed by atoms with Crippen molar-refractivity contribution in [3.63, 3.8) is 0 Å². The van der Waals surface area contributed by atoms with E-state index in [1.807, 2.05) is 49.4 Å². The van der Waals surface area contributed by atoms with E-state index >= 15 is 0 Å². The highest BCUT2D eigenvalue weighted by Gasteiger charge is 2.28. The first kappa shape index (κ1) is 22.7. The Hall–Kier alpha value is -2.62. The Bertz CT molecular complexity index is 815.